The molecule has 0 aliphatic carbocycles. The quantitative estimate of drug-likeness (QED) is 0.0227. The van der Waals surface area contributed by atoms with Crippen molar-refractivity contribution < 1.29 is 58.8 Å². The van der Waals surface area contributed by atoms with Crippen LogP contribution >= 0.6 is 31.7 Å². The number of aromatic nitrogens is 2. The van der Waals surface area contributed by atoms with Crippen LogP contribution in [0.2, 0.25) is 0 Å². The van der Waals surface area contributed by atoms with Crippen LogP contribution in [-0.4, -0.2) is 57.3 Å². The summed E-state index contributed by atoms with van der Waals surface area (Å²) in [6.07, 6.45) is 10.4. The van der Waals surface area contributed by atoms with Crippen molar-refractivity contribution in [2.75, 3.05) is 24.6 Å². The van der Waals surface area contributed by atoms with Gasteiger partial charge in [0.05, 0.1) is 98.8 Å². The van der Waals surface area contributed by atoms with Crippen LogP contribution in [0.15, 0.2) is 315 Å². The van der Waals surface area contributed by atoms with Crippen LogP contribution in [-0.2, 0) is 61.6 Å². The number of unbranched alkanes of at least 4 members (excludes halogenated alkanes) is 2. The van der Waals surface area contributed by atoms with Crippen LogP contribution in [0.25, 0.3) is 34.0 Å². The van der Waals surface area contributed by atoms with E-state index in [1.165, 1.54) is 104 Å². The summed E-state index contributed by atoms with van der Waals surface area (Å²) in [5, 5.41) is 26.6. The predicted molar refractivity (Wildman–Crippen MR) is 424 cm³/mol. The number of nitrogens with zero attached hydrogens (tertiary/aromatic N) is 2. The number of nitrogens with one attached hydrogen (secondary N) is 2. The van der Waals surface area contributed by atoms with E-state index >= 15 is 0 Å². The molecule has 12 rings (SSSR count). The largest absolute Gasteiger partial charge is 2.00 e. The molecule has 2 heterocycles. The summed E-state index contributed by atoms with van der Waals surface area (Å²) >= 11 is 0. The van der Waals surface area contributed by atoms with Gasteiger partial charge < -0.3 is 31.6 Å². The minimum atomic E-state index is -0.833. The Morgan fingerprint density at radius 2 is 0.566 bits per heavy atom. The Morgan fingerprint density at radius 1 is 0.364 bits per heavy atom. The fourth-order valence-corrected chi connectivity index (χ4v) is 21.7. The van der Waals surface area contributed by atoms with E-state index in [2.05, 4.69) is 265 Å². The molecular formula is C85H90N4O4P4Ru2+4. The summed E-state index contributed by atoms with van der Waals surface area (Å²) < 4.78 is 0. The maximum absolute atomic E-state index is 9.00. The number of rotatable bonds is 22. The normalized spacial score (nSPS) is 10.2. The smallest absolute Gasteiger partial charge is 0.672 e. The van der Waals surface area contributed by atoms with Gasteiger partial charge in [-0.15, -0.1) is 83.9 Å². The van der Waals surface area contributed by atoms with Crippen molar-refractivity contribution in [3.05, 3.63) is 362 Å². The summed E-state index contributed by atoms with van der Waals surface area (Å²) in [5.74, 6) is -0.833. The molecule has 0 radical (unpaired) electrons. The zero-order chi connectivity index (χ0) is 68.5. The van der Waals surface area contributed by atoms with E-state index in [-0.39, 0.29) is 58.5 Å². The Balaban J connectivity index is 0.000000239. The van der Waals surface area contributed by atoms with Crippen molar-refractivity contribution in [2.24, 2.45) is 0 Å². The molecule has 0 unspecified atom stereocenters. The summed E-state index contributed by atoms with van der Waals surface area (Å²) in [7, 11) is -2.86. The predicted octanol–water partition coefficient (Wildman–Crippen LogP) is 17.6. The molecule has 0 amide bonds. The van der Waals surface area contributed by atoms with Gasteiger partial charge in [0.15, 0.2) is 0 Å². The molecule has 0 aliphatic heterocycles. The van der Waals surface area contributed by atoms with Gasteiger partial charge in [0, 0.05) is 18.3 Å². The number of aliphatic carboxylic acids is 1. The van der Waals surface area contributed by atoms with E-state index in [1.54, 1.807) is 0 Å². The minimum Gasteiger partial charge on any atom is -0.672 e. The summed E-state index contributed by atoms with van der Waals surface area (Å²) in [4.78, 5) is 26.1. The zero-order valence-electron chi connectivity index (χ0n) is 56.5. The SMILES string of the molecule is CC(=O)O.Cc1c[c-]c(-c2cccc(C[NH-])n2)cc1.Cc1c[c-]c(-c2cccc(C[NH-])n2)cc1.O=CO.[Ru+2].[Ru+2].c1ccc([PH+](CCCC[PH+](c2ccccc2)c2ccccc2)c2ccccc2)cc1.c1ccc([PH+](CCCC[PH+](c2ccccc2)c2ccccc2)c2ccccc2)cc1. The molecule has 14 heteroatoms. The van der Waals surface area contributed by atoms with Gasteiger partial charge in [0.1, 0.15) is 0 Å². The second-order valence-corrected chi connectivity index (χ2v) is 33.3. The number of carboxylic acids is 1. The van der Waals surface area contributed by atoms with Crippen LogP contribution in [0, 0.1) is 26.0 Å². The number of pyridine rings is 2. The van der Waals surface area contributed by atoms with Crippen molar-refractivity contribution in [2.45, 2.75) is 59.5 Å². The molecule has 0 aliphatic rings. The molecule has 0 atom stereocenters. The topological polar surface area (TPSA) is 148 Å². The van der Waals surface area contributed by atoms with Gasteiger partial charge in [-0.3, -0.25) is 9.59 Å². The molecule has 0 saturated carbocycles. The molecule has 2 aromatic heterocycles. The van der Waals surface area contributed by atoms with Crippen molar-refractivity contribution in [3.63, 3.8) is 0 Å². The summed E-state index contributed by atoms with van der Waals surface area (Å²) in [6.45, 7) is 5.35. The van der Waals surface area contributed by atoms with Crippen LogP contribution in [0.5, 0.6) is 0 Å². The minimum absolute atomic E-state index is 0. The van der Waals surface area contributed by atoms with Crippen molar-refractivity contribution in [3.8, 4) is 22.5 Å². The van der Waals surface area contributed by atoms with Gasteiger partial charge in [-0.2, -0.15) is 0 Å². The summed E-state index contributed by atoms with van der Waals surface area (Å²) in [6, 6.07) is 119. The molecule has 0 bridgehead atoms. The van der Waals surface area contributed by atoms with Crippen LogP contribution in [0.4, 0.5) is 0 Å². The molecule has 4 N–H and O–H groups in total. The first-order valence-corrected chi connectivity index (χ1v) is 39.7. The van der Waals surface area contributed by atoms with E-state index in [9.17, 15) is 0 Å². The number of hydrogen-bond acceptors (Lipinski definition) is 4. The Hall–Kier alpha value is -7.67. The van der Waals surface area contributed by atoms with Crippen molar-refractivity contribution >= 4 is 86.6 Å². The first-order chi connectivity index (χ1) is 47.6. The maximum atomic E-state index is 9.00. The van der Waals surface area contributed by atoms with E-state index < -0.39 is 37.7 Å². The van der Waals surface area contributed by atoms with Gasteiger partial charge >= 0.3 is 39.0 Å². The summed E-state index contributed by atoms with van der Waals surface area (Å²) in [5.41, 5.74) is 22.2. The standard InChI is InChI=1S/2C28H28P2.2C13H12N2.C2H4O2.CH2O2.2Ru/c2*1-5-15-25(16-6-1)29(26-17-7-2-8-18-26)23-13-14-24-30(27-19-9-3-10-20-27)28-21-11-4-12-22-28;2*1-10-5-7-11(8-6-10)13-4-2-3-12(9-14)15-13;1-2(3)4;2-1-3;;/h2*1-12,15-22H,13-14,23-24H2;2*2-7,14H,9H2,1H3;1H3,(H,3,4);1H,(H,2,3);;/q;;2*-2;;;2*+2/p+4. The van der Waals surface area contributed by atoms with E-state index in [4.69, 9.17) is 31.3 Å². The van der Waals surface area contributed by atoms with Crippen molar-refractivity contribution in [1.82, 2.24) is 9.97 Å². The third-order valence-corrected chi connectivity index (χ3v) is 27.3. The van der Waals surface area contributed by atoms with E-state index in [1.807, 2.05) is 86.6 Å². The van der Waals surface area contributed by atoms with Crippen LogP contribution in [0.1, 0.15) is 55.1 Å². The molecule has 99 heavy (non-hydrogen) atoms. The second-order valence-electron chi connectivity index (χ2n) is 22.8. The Kier molecular flexibility index (Phi) is 39.9. The number of carbonyl (C=O) groups is 2. The van der Waals surface area contributed by atoms with Gasteiger partial charge in [-0.05, 0) is 146 Å². The number of benzene rings is 10. The number of aryl methyl sites for hydroxylation is 2. The van der Waals surface area contributed by atoms with Gasteiger partial charge in [-0.1, -0.05) is 184 Å². The van der Waals surface area contributed by atoms with E-state index in [0.717, 1.165) is 40.8 Å². The first kappa shape index (κ1) is 82.0. The Labute approximate surface area is 618 Å². The Morgan fingerprint density at radius 3 is 0.737 bits per heavy atom. The van der Waals surface area contributed by atoms with Gasteiger partial charge in [0.2, 0.25) is 0 Å². The van der Waals surface area contributed by atoms with Crippen LogP contribution < -0.4 is 42.4 Å². The molecule has 506 valence electrons. The fraction of sp³-hybridized carbons (Fsp3) is 0.153. The molecule has 12 aromatic rings. The molecule has 0 spiro atoms. The molecule has 8 nitrogen and oxygen atoms in total. The molecular weight excluding hydrogens is 1470 g/mol. The first-order valence-electron chi connectivity index (χ1n) is 32.9. The molecule has 0 saturated heterocycles. The monoisotopic (exact) mass is 1560 g/mol. The van der Waals surface area contributed by atoms with Crippen molar-refractivity contribution in [1.29, 1.82) is 0 Å². The maximum Gasteiger partial charge on any atom is 2.00 e. The number of hydrogen-bond donors (Lipinski definition) is 2. The third kappa shape index (κ3) is 29.6. The average molecular weight is 1560 g/mol. The van der Waals surface area contributed by atoms with Gasteiger partial charge in [0.25, 0.3) is 12.4 Å². The van der Waals surface area contributed by atoms with Crippen LogP contribution in [0.3, 0.4) is 0 Å². The average Bonchev–Trinajstić information content (AvgIpc) is 0.936. The second kappa shape index (κ2) is 48.2. The zero-order valence-corrected chi connectivity index (χ0v) is 64.0. The molecule has 10 aromatic carbocycles. The van der Waals surface area contributed by atoms with E-state index in [0.29, 0.717) is 0 Å². The Bertz CT molecular complexity index is 3480. The molecule has 0 fully saturated rings. The fourth-order valence-electron chi connectivity index (χ4n) is 10.9. The number of carboxylic acid groups (broad SMARTS) is 2. The third-order valence-electron chi connectivity index (χ3n) is 15.6. The van der Waals surface area contributed by atoms with Gasteiger partial charge in [-0.25, -0.2) is 0 Å².